The molecule has 0 aromatic rings. The predicted octanol–water partition coefficient (Wildman–Crippen LogP) is 1.79. The summed E-state index contributed by atoms with van der Waals surface area (Å²) in [5, 5.41) is 5.93. The van der Waals surface area contributed by atoms with E-state index in [9.17, 15) is 9.59 Å². The summed E-state index contributed by atoms with van der Waals surface area (Å²) in [6.45, 7) is 7.55. The molecule has 0 bridgehead atoms. The highest BCUT2D eigenvalue weighted by molar-refractivity contribution is 5.68. The Morgan fingerprint density at radius 3 is 2.37 bits per heavy atom. The smallest absolute Gasteiger partial charge is 0.410 e. The summed E-state index contributed by atoms with van der Waals surface area (Å²) in [5.41, 5.74) is 0. The molecule has 0 saturated heterocycles. The van der Waals surface area contributed by atoms with Crippen molar-refractivity contribution >= 4 is 12.1 Å². The van der Waals surface area contributed by atoms with Crippen LogP contribution in [0.2, 0.25) is 0 Å². The predicted molar refractivity (Wildman–Crippen MR) is 72.7 cm³/mol. The maximum atomic E-state index is 11.3. The van der Waals surface area contributed by atoms with Crippen molar-refractivity contribution in [3.8, 4) is 0 Å². The zero-order valence-electron chi connectivity index (χ0n) is 12.2. The van der Waals surface area contributed by atoms with Crippen LogP contribution in [0.5, 0.6) is 0 Å². The number of amides is 1. The number of esters is 1. The van der Waals surface area contributed by atoms with Crippen LogP contribution in [0, 0.1) is 0 Å². The van der Waals surface area contributed by atoms with Gasteiger partial charge in [-0.1, -0.05) is 13.3 Å². The van der Waals surface area contributed by atoms with E-state index in [1.165, 1.54) is 13.8 Å². The fraction of sp³-hybridized carbons (Fsp3) is 0.846. The summed E-state index contributed by atoms with van der Waals surface area (Å²) < 4.78 is 9.49. The topological polar surface area (TPSA) is 76.7 Å². The SMILES string of the molecule is CCCNCCCCCNC(=O)O[C@@H](C)OC(C)=O. The molecule has 6 nitrogen and oxygen atoms in total. The average Bonchev–Trinajstić information content (AvgIpc) is 2.31. The molecule has 0 unspecified atom stereocenters. The highest BCUT2D eigenvalue weighted by Gasteiger charge is 2.10. The molecule has 0 radical (unpaired) electrons. The molecule has 0 aliphatic heterocycles. The Morgan fingerprint density at radius 1 is 1.05 bits per heavy atom. The molecule has 0 aliphatic carbocycles. The average molecular weight is 274 g/mol. The fourth-order valence-corrected chi connectivity index (χ4v) is 1.49. The van der Waals surface area contributed by atoms with Crippen LogP contribution in [0.1, 0.15) is 46.5 Å². The summed E-state index contributed by atoms with van der Waals surface area (Å²) in [6.07, 6.45) is 2.80. The molecule has 1 atom stereocenters. The van der Waals surface area contributed by atoms with Crippen molar-refractivity contribution in [3.05, 3.63) is 0 Å². The first-order valence-electron chi connectivity index (χ1n) is 6.88. The first kappa shape index (κ1) is 17.7. The van der Waals surface area contributed by atoms with E-state index in [0.29, 0.717) is 6.54 Å². The van der Waals surface area contributed by atoms with Gasteiger partial charge in [0.05, 0.1) is 0 Å². The lowest BCUT2D eigenvalue weighted by Crippen LogP contribution is -2.30. The second-order valence-electron chi connectivity index (χ2n) is 4.32. The molecule has 0 aromatic carbocycles. The van der Waals surface area contributed by atoms with Gasteiger partial charge in [-0.05, 0) is 32.4 Å². The lowest BCUT2D eigenvalue weighted by atomic mass is 10.2. The van der Waals surface area contributed by atoms with E-state index in [1.807, 2.05) is 0 Å². The molecule has 0 spiro atoms. The van der Waals surface area contributed by atoms with Crippen molar-refractivity contribution in [1.82, 2.24) is 10.6 Å². The van der Waals surface area contributed by atoms with Crippen molar-refractivity contribution in [2.24, 2.45) is 0 Å². The van der Waals surface area contributed by atoms with Gasteiger partial charge in [0.2, 0.25) is 6.29 Å². The Balaban J connectivity index is 3.36. The third-order valence-corrected chi connectivity index (χ3v) is 2.33. The number of nitrogens with one attached hydrogen (secondary N) is 2. The summed E-state index contributed by atoms with van der Waals surface area (Å²) >= 11 is 0. The number of hydrogen-bond donors (Lipinski definition) is 2. The Kier molecular flexibility index (Phi) is 11.0. The summed E-state index contributed by atoms with van der Waals surface area (Å²) in [7, 11) is 0. The number of alkyl carbamates (subject to hydrolysis) is 1. The van der Waals surface area contributed by atoms with Crippen LogP contribution in [0.3, 0.4) is 0 Å². The third-order valence-electron chi connectivity index (χ3n) is 2.33. The Labute approximate surface area is 115 Å². The van der Waals surface area contributed by atoms with Crippen LogP contribution in [0.4, 0.5) is 4.79 Å². The van der Waals surface area contributed by atoms with Gasteiger partial charge >= 0.3 is 12.1 Å². The first-order valence-corrected chi connectivity index (χ1v) is 6.88. The van der Waals surface area contributed by atoms with Crippen molar-refractivity contribution in [2.75, 3.05) is 19.6 Å². The molecule has 0 saturated carbocycles. The highest BCUT2D eigenvalue weighted by Crippen LogP contribution is 1.96. The second kappa shape index (κ2) is 11.8. The quantitative estimate of drug-likeness (QED) is 0.361. The molecule has 0 aliphatic rings. The summed E-state index contributed by atoms with van der Waals surface area (Å²) in [4.78, 5) is 21.9. The minimum absolute atomic E-state index is 0.472. The lowest BCUT2D eigenvalue weighted by molar-refractivity contribution is -0.162. The zero-order chi connectivity index (χ0) is 14.5. The molecule has 0 heterocycles. The standard InChI is InChI=1S/C13H26N2O4/c1-4-8-14-9-6-5-7-10-15-13(17)19-12(3)18-11(2)16/h12,14H,4-10H2,1-3H3,(H,15,17)/t12-/m0/s1. The van der Waals surface area contributed by atoms with E-state index >= 15 is 0 Å². The first-order chi connectivity index (χ1) is 9.06. The van der Waals surface area contributed by atoms with E-state index in [4.69, 9.17) is 4.74 Å². The van der Waals surface area contributed by atoms with Crippen LogP contribution in [-0.4, -0.2) is 38.0 Å². The second-order valence-corrected chi connectivity index (χ2v) is 4.32. The molecule has 0 fully saturated rings. The maximum Gasteiger partial charge on any atom is 0.410 e. The Hall–Kier alpha value is -1.30. The summed E-state index contributed by atoms with van der Waals surface area (Å²) in [6, 6.07) is 0. The van der Waals surface area contributed by atoms with Crippen molar-refractivity contribution in [2.45, 2.75) is 52.7 Å². The normalized spacial score (nSPS) is 11.7. The molecule has 1 amide bonds. The zero-order valence-corrected chi connectivity index (χ0v) is 12.2. The Morgan fingerprint density at radius 2 is 1.74 bits per heavy atom. The molecule has 19 heavy (non-hydrogen) atoms. The minimum Gasteiger partial charge on any atom is -0.426 e. The number of rotatable bonds is 10. The number of carbonyl (C=O) groups excluding carboxylic acids is 2. The summed E-state index contributed by atoms with van der Waals surface area (Å²) in [5.74, 6) is -0.472. The number of hydrogen-bond acceptors (Lipinski definition) is 5. The highest BCUT2D eigenvalue weighted by atomic mass is 16.7. The third kappa shape index (κ3) is 12.9. The number of ether oxygens (including phenoxy) is 2. The van der Waals surface area contributed by atoms with Crippen molar-refractivity contribution in [3.63, 3.8) is 0 Å². The van der Waals surface area contributed by atoms with Gasteiger partial charge in [0.1, 0.15) is 0 Å². The van der Waals surface area contributed by atoms with Gasteiger partial charge in [0, 0.05) is 20.4 Å². The van der Waals surface area contributed by atoms with Crippen molar-refractivity contribution < 1.29 is 19.1 Å². The molecule has 0 aromatic heterocycles. The monoisotopic (exact) mass is 274 g/mol. The van der Waals surface area contributed by atoms with Crippen LogP contribution < -0.4 is 10.6 Å². The van der Waals surface area contributed by atoms with E-state index in [0.717, 1.165) is 38.8 Å². The molecule has 0 rings (SSSR count). The van der Waals surface area contributed by atoms with Gasteiger partial charge in [-0.25, -0.2) is 4.79 Å². The van der Waals surface area contributed by atoms with Crippen LogP contribution in [0.15, 0.2) is 0 Å². The number of unbranched alkanes of at least 4 members (excludes halogenated alkanes) is 2. The molecule has 6 heteroatoms. The molecule has 2 N–H and O–H groups in total. The van der Waals surface area contributed by atoms with E-state index in [1.54, 1.807) is 0 Å². The van der Waals surface area contributed by atoms with Crippen LogP contribution in [0.25, 0.3) is 0 Å². The van der Waals surface area contributed by atoms with Gasteiger partial charge < -0.3 is 20.1 Å². The van der Waals surface area contributed by atoms with Crippen LogP contribution in [-0.2, 0) is 14.3 Å². The van der Waals surface area contributed by atoms with Crippen LogP contribution >= 0.6 is 0 Å². The largest absolute Gasteiger partial charge is 0.426 e. The minimum atomic E-state index is -0.851. The van der Waals surface area contributed by atoms with Gasteiger partial charge in [0.25, 0.3) is 0 Å². The van der Waals surface area contributed by atoms with Gasteiger partial charge in [-0.3, -0.25) is 4.79 Å². The fourth-order valence-electron chi connectivity index (χ4n) is 1.49. The van der Waals surface area contributed by atoms with Gasteiger partial charge in [-0.15, -0.1) is 0 Å². The molecule has 112 valence electrons. The molecular weight excluding hydrogens is 248 g/mol. The van der Waals surface area contributed by atoms with E-state index in [-0.39, 0.29) is 0 Å². The van der Waals surface area contributed by atoms with E-state index in [2.05, 4.69) is 22.3 Å². The molecular formula is C13H26N2O4. The van der Waals surface area contributed by atoms with E-state index < -0.39 is 18.4 Å². The Bertz CT molecular complexity index is 259. The lowest BCUT2D eigenvalue weighted by Gasteiger charge is -2.13. The maximum absolute atomic E-state index is 11.3. The van der Waals surface area contributed by atoms with Gasteiger partial charge in [-0.2, -0.15) is 0 Å². The number of carbonyl (C=O) groups is 2. The van der Waals surface area contributed by atoms with Crippen molar-refractivity contribution in [1.29, 1.82) is 0 Å². The van der Waals surface area contributed by atoms with Gasteiger partial charge in [0.15, 0.2) is 0 Å².